The molecule has 0 aliphatic carbocycles. The highest BCUT2D eigenvalue weighted by atomic mass is 32.1. The molecule has 0 atom stereocenters. The predicted octanol–water partition coefficient (Wildman–Crippen LogP) is 4.62. The first-order valence-electron chi connectivity index (χ1n) is 8.22. The van der Waals surface area contributed by atoms with E-state index in [1.54, 1.807) is 0 Å². The largest absolute Gasteiger partial charge is 0.362 e. The van der Waals surface area contributed by atoms with Crippen molar-refractivity contribution in [3.63, 3.8) is 0 Å². The number of hydrogen-bond acceptors (Lipinski definition) is 1. The third kappa shape index (κ3) is 3.60. The van der Waals surface area contributed by atoms with Gasteiger partial charge in [-0.05, 0) is 74.3 Å². The van der Waals surface area contributed by atoms with E-state index >= 15 is 0 Å². The molecule has 1 aromatic heterocycles. The fourth-order valence-electron chi connectivity index (χ4n) is 2.86. The summed E-state index contributed by atoms with van der Waals surface area (Å²) in [5.74, 6) is 0. The van der Waals surface area contributed by atoms with Crippen LogP contribution in [0.1, 0.15) is 22.3 Å². The molecule has 0 spiro atoms. The lowest BCUT2D eigenvalue weighted by Crippen LogP contribution is -2.30. The zero-order chi connectivity index (χ0) is 17.1. The number of benzene rings is 2. The summed E-state index contributed by atoms with van der Waals surface area (Å²) >= 11 is 5.42. The van der Waals surface area contributed by atoms with Crippen LogP contribution in [0.2, 0.25) is 0 Å². The first-order valence-corrected chi connectivity index (χ1v) is 8.63. The summed E-state index contributed by atoms with van der Waals surface area (Å²) in [5, 5.41) is 8.55. The quantitative estimate of drug-likeness (QED) is 0.608. The van der Waals surface area contributed by atoms with Crippen LogP contribution in [0.4, 0.5) is 5.69 Å². The number of aromatic amines is 1. The first kappa shape index (κ1) is 16.5. The van der Waals surface area contributed by atoms with E-state index in [4.69, 9.17) is 12.2 Å². The van der Waals surface area contributed by atoms with Crippen molar-refractivity contribution in [1.82, 2.24) is 10.3 Å². The molecule has 0 unspecified atom stereocenters. The van der Waals surface area contributed by atoms with Crippen molar-refractivity contribution < 1.29 is 0 Å². The van der Waals surface area contributed by atoms with Crippen LogP contribution in [0.5, 0.6) is 0 Å². The van der Waals surface area contributed by atoms with Crippen molar-refractivity contribution >= 4 is 33.9 Å². The molecular weight excluding hydrogens is 314 g/mol. The summed E-state index contributed by atoms with van der Waals surface area (Å²) in [5.41, 5.74) is 7.34. The predicted molar refractivity (Wildman–Crippen MR) is 107 cm³/mol. The van der Waals surface area contributed by atoms with Crippen LogP contribution < -0.4 is 10.6 Å². The van der Waals surface area contributed by atoms with E-state index in [-0.39, 0.29) is 0 Å². The van der Waals surface area contributed by atoms with Gasteiger partial charge in [0.25, 0.3) is 0 Å². The maximum atomic E-state index is 5.42. The van der Waals surface area contributed by atoms with Crippen LogP contribution in [0.25, 0.3) is 10.9 Å². The van der Waals surface area contributed by atoms with Gasteiger partial charge in [-0.15, -0.1) is 0 Å². The van der Waals surface area contributed by atoms with E-state index in [9.17, 15) is 0 Å². The molecule has 0 radical (unpaired) electrons. The molecule has 0 amide bonds. The SMILES string of the molecule is Cc1ccc2[nH]cc(CCNC(=S)Nc3cccc(C)c3C)c2c1. The highest BCUT2D eigenvalue weighted by molar-refractivity contribution is 7.80. The fourth-order valence-corrected chi connectivity index (χ4v) is 3.07. The Labute approximate surface area is 148 Å². The lowest BCUT2D eigenvalue weighted by atomic mass is 10.1. The van der Waals surface area contributed by atoms with Crippen LogP contribution in [-0.4, -0.2) is 16.6 Å². The molecule has 3 nitrogen and oxygen atoms in total. The summed E-state index contributed by atoms with van der Waals surface area (Å²) in [4.78, 5) is 3.33. The average molecular weight is 337 g/mol. The average Bonchev–Trinajstić information content (AvgIpc) is 2.94. The lowest BCUT2D eigenvalue weighted by Gasteiger charge is -2.13. The second kappa shape index (κ2) is 7.05. The van der Waals surface area contributed by atoms with Crippen molar-refractivity contribution in [2.24, 2.45) is 0 Å². The fraction of sp³-hybridized carbons (Fsp3) is 0.250. The number of rotatable bonds is 4. The van der Waals surface area contributed by atoms with Gasteiger partial charge in [0.1, 0.15) is 0 Å². The van der Waals surface area contributed by atoms with Crippen LogP contribution >= 0.6 is 12.2 Å². The van der Waals surface area contributed by atoms with Crippen molar-refractivity contribution in [1.29, 1.82) is 0 Å². The maximum Gasteiger partial charge on any atom is 0.170 e. The molecule has 2 aromatic carbocycles. The van der Waals surface area contributed by atoms with Gasteiger partial charge in [-0.3, -0.25) is 0 Å². The molecular formula is C20H23N3S. The zero-order valence-corrected chi connectivity index (χ0v) is 15.2. The van der Waals surface area contributed by atoms with Crippen molar-refractivity contribution in [2.45, 2.75) is 27.2 Å². The highest BCUT2D eigenvalue weighted by Crippen LogP contribution is 2.20. The Balaban J connectivity index is 1.58. The molecule has 124 valence electrons. The van der Waals surface area contributed by atoms with Gasteiger partial charge >= 0.3 is 0 Å². The van der Waals surface area contributed by atoms with E-state index in [1.165, 1.54) is 33.2 Å². The van der Waals surface area contributed by atoms with Crippen molar-refractivity contribution in [2.75, 3.05) is 11.9 Å². The minimum Gasteiger partial charge on any atom is -0.362 e. The molecule has 3 aromatic rings. The summed E-state index contributed by atoms with van der Waals surface area (Å²) in [6, 6.07) is 12.7. The van der Waals surface area contributed by atoms with Gasteiger partial charge in [-0.1, -0.05) is 23.8 Å². The van der Waals surface area contributed by atoms with Gasteiger partial charge in [-0.2, -0.15) is 0 Å². The number of thiocarbonyl (C=S) groups is 1. The van der Waals surface area contributed by atoms with Gasteiger partial charge in [0, 0.05) is 29.3 Å². The van der Waals surface area contributed by atoms with E-state index in [0.29, 0.717) is 5.11 Å². The number of H-pyrrole nitrogens is 1. The molecule has 0 saturated carbocycles. The van der Waals surface area contributed by atoms with E-state index in [1.807, 2.05) is 6.07 Å². The standard InChI is InChI=1S/C20H23N3S/c1-13-7-8-19-17(11-13)16(12-22-19)9-10-21-20(24)23-18-6-4-5-14(2)15(18)3/h4-8,11-12,22H,9-10H2,1-3H3,(H2,21,23,24). The number of aromatic nitrogens is 1. The summed E-state index contributed by atoms with van der Waals surface area (Å²) in [7, 11) is 0. The zero-order valence-electron chi connectivity index (χ0n) is 14.4. The van der Waals surface area contributed by atoms with Gasteiger partial charge in [0.15, 0.2) is 5.11 Å². The highest BCUT2D eigenvalue weighted by Gasteiger charge is 2.05. The number of fused-ring (bicyclic) bond motifs is 1. The molecule has 0 fully saturated rings. The van der Waals surface area contributed by atoms with Gasteiger partial charge in [0.2, 0.25) is 0 Å². The normalized spacial score (nSPS) is 10.8. The van der Waals surface area contributed by atoms with Crippen LogP contribution in [0.3, 0.4) is 0 Å². The molecule has 0 saturated heterocycles. The van der Waals surface area contributed by atoms with Gasteiger partial charge < -0.3 is 15.6 Å². The number of hydrogen-bond donors (Lipinski definition) is 3. The topological polar surface area (TPSA) is 39.9 Å². The van der Waals surface area contributed by atoms with Crippen LogP contribution in [-0.2, 0) is 6.42 Å². The molecule has 4 heteroatoms. The minimum atomic E-state index is 0.666. The Kier molecular flexibility index (Phi) is 4.86. The molecule has 3 rings (SSSR count). The smallest absolute Gasteiger partial charge is 0.170 e. The number of aryl methyl sites for hydroxylation is 2. The maximum absolute atomic E-state index is 5.42. The summed E-state index contributed by atoms with van der Waals surface area (Å²) < 4.78 is 0. The Morgan fingerprint density at radius 2 is 1.96 bits per heavy atom. The van der Waals surface area contributed by atoms with E-state index in [2.05, 4.69) is 72.9 Å². The molecule has 1 heterocycles. The first-order chi connectivity index (χ1) is 11.5. The number of nitrogens with one attached hydrogen (secondary N) is 3. The van der Waals surface area contributed by atoms with Crippen LogP contribution in [0, 0.1) is 20.8 Å². The molecule has 0 bridgehead atoms. The van der Waals surface area contributed by atoms with E-state index < -0.39 is 0 Å². The molecule has 3 N–H and O–H groups in total. The van der Waals surface area contributed by atoms with Gasteiger partial charge in [-0.25, -0.2) is 0 Å². The Bertz CT molecular complexity index is 880. The second-order valence-corrected chi connectivity index (χ2v) is 6.65. The van der Waals surface area contributed by atoms with E-state index in [0.717, 1.165) is 18.7 Å². The second-order valence-electron chi connectivity index (χ2n) is 6.24. The van der Waals surface area contributed by atoms with Crippen LogP contribution in [0.15, 0.2) is 42.6 Å². The Morgan fingerprint density at radius 3 is 2.79 bits per heavy atom. The van der Waals surface area contributed by atoms with Crippen molar-refractivity contribution in [3.8, 4) is 0 Å². The summed E-state index contributed by atoms with van der Waals surface area (Å²) in [6.07, 6.45) is 3.02. The Hall–Kier alpha value is -2.33. The van der Waals surface area contributed by atoms with Crippen molar-refractivity contribution in [3.05, 3.63) is 64.8 Å². The third-order valence-electron chi connectivity index (χ3n) is 4.46. The molecule has 24 heavy (non-hydrogen) atoms. The monoisotopic (exact) mass is 337 g/mol. The molecule has 0 aliphatic rings. The van der Waals surface area contributed by atoms with Gasteiger partial charge in [0.05, 0.1) is 0 Å². The minimum absolute atomic E-state index is 0.666. The Morgan fingerprint density at radius 1 is 1.12 bits per heavy atom. The number of anilines is 1. The lowest BCUT2D eigenvalue weighted by molar-refractivity contribution is 0.878. The summed E-state index contributed by atoms with van der Waals surface area (Å²) in [6.45, 7) is 7.14. The molecule has 0 aliphatic heterocycles. The third-order valence-corrected chi connectivity index (χ3v) is 4.70.